The Morgan fingerprint density at radius 3 is 2.27 bits per heavy atom. The van der Waals surface area contributed by atoms with Crippen molar-refractivity contribution in [3.05, 3.63) is 0 Å². The van der Waals surface area contributed by atoms with Crippen molar-refractivity contribution in [2.24, 2.45) is 5.41 Å². The molecule has 0 unspecified atom stereocenters. The van der Waals surface area contributed by atoms with E-state index in [2.05, 4.69) is 5.32 Å². The molecule has 15 heavy (non-hydrogen) atoms. The zero-order valence-electron chi connectivity index (χ0n) is 9.88. The Morgan fingerprint density at radius 2 is 1.80 bits per heavy atom. The molecule has 1 saturated carbocycles. The molecule has 0 aliphatic heterocycles. The van der Waals surface area contributed by atoms with E-state index in [0.717, 1.165) is 0 Å². The number of carboxylic acid groups (broad SMARTS) is 1. The van der Waals surface area contributed by atoms with Gasteiger partial charge in [-0.2, -0.15) is 0 Å². The van der Waals surface area contributed by atoms with E-state index in [1.54, 1.807) is 13.8 Å². The van der Waals surface area contributed by atoms with Crippen LogP contribution in [0.1, 0.15) is 52.4 Å². The molecule has 0 atom stereocenters. The maximum atomic E-state index is 10.9. The van der Waals surface area contributed by atoms with Crippen molar-refractivity contribution < 1.29 is 9.90 Å². The first-order valence-corrected chi connectivity index (χ1v) is 5.99. The van der Waals surface area contributed by atoms with E-state index < -0.39 is 11.4 Å². The smallest absolute Gasteiger partial charge is 0.310 e. The Bertz CT molecular complexity index is 206. The van der Waals surface area contributed by atoms with E-state index in [-0.39, 0.29) is 0 Å². The minimum Gasteiger partial charge on any atom is -0.481 e. The van der Waals surface area contributed by atoms with Crippen molar-refractivity contribution in [2.45, 2.75) is 58.4 Å². The van der Waals surface area contributed by atoms with Crippen molar-refractivity contribution in [3.8, 4) is 0 Å². The predicted molar refractivity (Wildman–Crippen MR) is 60.9 cm³/mol. The van der Waals surface area contributed by atoms with Crippen LogP contribution < -0.4 is 5.32 Å². The molecule has 0 heterocycles. The zero-order chi connectivity index (χ0) is 11.3. The van der Waals surface area contributed by atoms with E-state index in [1.165, 1.54) is 38.5 Å². The third-order valence-corrected chi connectivity index (χ3v) is 3.27. The van der Waals surface area contributed by atoms with Crippen LogP contribution in [-0.2, 0) is 4.79 Å². The lowest BCUT2D eigenvalue weighted by atomic mass is 9.93. The van der Waals surface area contributed by atoms with Crippen molar-refractivity contribution in [3.63, 3.8) is 0 Å². The van der Waals surface area contributed by atoms with Crippen LogP contribution in [0, 0.1) is 5.41 Å². The Hall–Kier alpha value is -0.570. The monoisotopic (exact) mass is 213 g/mol. The lowest BCUT2D eigenvalue weighted by Crippen LogP contribution is -2.40. The molecule has 1 fully saturated rings. The molecule has 2 N–H and O–H groups in total. The van der Waals surface area contributed by atoms with Crippen LogP contribution in [-0.4, -0.2) is 23.7 Å². The minimum atomic E-state index is -0.719. The van der Waals surface area contributed by atoms with E-state index >= 15 is 0 Å². The van der Waals surface area contributed by atoms with Gasteiger partial charge in [0.2, 0.25) is 0 Å². The van der Waals surface area contributed by atoms with Gasteiger partial charge >= 0.3 is 5.97 Å². The second-order valence-corrected chi connectivity index (χ2v) is 5.26. The molecule has 0 amide bonds. The van der Waals surface area contributed by atoms with Crippen LogP contribution in [0.3, 0.4) is 0 Å². The summed E-state index contributed by atoms with van der Waals surface area (Å²) in [5, 5.41) is 12.4. The highest BCUT2D eigenvalue weighted by Crippen LogP contribution is 2.19. The number of carboxylic acids is 1. The first-order chi connectivity index (χ1) is 7.02. The first-order valence-electron chi connectivity index (χ1n) is 5.99. The Kier molecular flexibility index (Phi) is 4.58. The number of hydrogen-bond donors (Lipinski definition) is 2. The molecular formula is C12H23NO2. The molecule has 88 valence electrons. The molecule has 0 aromatic carbocycles. The van der Waals surface area contributed by atoms with Crippen molar-refractivity contribution in [2.75, 3.05) is 6.54 Å². The summed E-state index contributed by atoms with van der Waals surface area (Å²) in [6, 6.07) is 0.533. The Morgan fingerprint density at radius 1 is 1.27 bits per heavy atom. The van der Waals surface area contributed by atoms with Gasteiger partial charge in [-0.1, -0.05) is 25.7 Å². The highest BCUT2D eigenvalue weighted by molar-refractivity contribution is 5.73. The lowest BCUT2D eigenvalue weighted by molar-refractivity contribution is -0.146. The van der Waals surface area contributed by atoms with E-state index in [4.69, 9.17) is 5.11 Å². The maximum absolute atomic E-state index is 10.9. The second kappa shape index (κ2) is 5.50. The standard InChI is InChI=1S/C12H23NO2/c1-12(2,11(14)15)9-13-10-7-5-3-4-6-8-10/h10,13H,3-9H2,1-2H3,(H,14,15). The fourth-order valence-electron chi connectivity index (χ4n) is 1.96. The molecule has 1 rings (SSSR count). The van der Waals surface area contributed by atoms with Gasteiger partial charge in [0.05, 0.1) is 5.41 Å². The summed E-state index contributed by atoms with van der Waals surface area (Å²) in [6.45, 7) is 4.13. The van der Waals surface area contributed by atoms with Gasteiger partial charge in [0.25, 0.3) is 0 Å². The van der Waals surface area contributed by atoms with Crippen LogP contribution >= 0.6 is 0 Å². The Balaban J connectivity index is 2.31. The zero-order valence-corrected chi connectivity index (χ0v) is 9.88. The third-order valence-electron chi connectivity index (χ3n) is 3.27. The van der Waals surface area contributed by atoms with Gasteiger partial charge < -0.3 is 10.4 Å². The van der Waals surface area contributed by atoms with Gasteiger partial charge in [-0.05, 0) is 26.7 Å². The molecule has 1 aliphatic carbocycles. The summed E-state index contributed by atoms with van der Waals surface area (Å²) < 4.78 is 0. The normalized spacial score (nSPS) is 19.9. The summed E-state index contributed by atoms with van der Waals surface area (Å²) in [4.78, 5) is 10.9. The molecule has 3 nitrogen and oxygen atoms in total. The fourth-order valence-corrected chi connectivity index (χ4v) is 1.96. The van der Waals surface area contributed by atoms with E-state index in [0.29, 0.717) is 12.6 Å². The van der Waals surface area contributed by atoms with E-state index in [1.807, 2.05) is 0 Å². The molecule has 1 aliphatic rings. The molecule has 0 saturated heterocycles. The van der Waals surface area contributed by atoms with Crippen LogP contribution in [0.25, 0.3) is 0 Å². The Labute approximate surface area is 92.3 Å². The molecule has 0 aromatic heterocycles. The lowest BCUT2D eigenvalue weighted by Gasteiger charge is -2.24. The van der Waals surface area contributed by atoms with Crippen molar-refractivity contribution in [1.82, 2.24) is 5.32 Å². The second-order valence-electron chi connectivity index (χ2n) is 5.26. The molecule has 3 heteroatoms. The predicted octanol–water partition coefficient (Wildman–Crippen LogP) is 2.41. The third kappa shape index (κ3) is 4.20. The quantitative estimate of drug-likeness (QED) is 0.705. The summed E-state index contributed by atoms with van der Waals surface area (Å²) in [7, 11) is 0. The van der Waals surface area contributed by atoms with Crippen LogP contribution in [0.4, 0.5) is 0 Å². The average molecular weight is 213 g/mol. The van der Waals surface area contributed by atoms with Gasteiger partial charge in [0.1, 0.15) is 0 Å². The van der Waals surface area contributed by atoms with Gasteiger partial charge in [0.15, 0.2) is 0 Å². The molecule has 0 bridgehead atoms. The molecule has 0 radical (unpaired) electrons. The number of rotatable bonds is 4. The summed E-state index contributed by atoms with van der Waals surface area (Å²) in [5.74, 6) is -0.719. The largest absolute Gasteiger partial charge is 0.481 e. The molecule has 0 spiro atoms. The number of carbonyl (C=O) groups is 1. The fraction of sp³-hybridized carbons (Fsp3) is 0.917. The molecular weight excluding hydrogens is 190 g/mol. The highest BCUT2D eigenvalue weighted by Gasteiger charge is 2.27. The summed E-state index contributed by atoms with van der Waals surface area (Å²) in [5.41, 5.74) is -0.647. The topological polar surface area (TPSA) is 49.3 Å². The average Bonchev–Trinajstić information content (AvgIpc) is 2.42. The summed E-state index contributed by atoms with van der Waals surface area (Å²) >= 11 is 0. The van der Waals surface area contributed by atoms with Crippen molar-refractivity contribution >= 4 is 5.97 Å². The van der Waals surface area contributed by atoms with Gasteiger partial charge in [-0.3, -0.25) is 4.79 Å². The van der Waals surface area contributed by atoms with Crippen LogP contribution in [0.15, 0.2) is 0 Å². The van der Waals surface area contributed by atoms with Crippen molar-refractivity contribution in [1.29, 1.82) is 0 Å². The number of nitrogens with one attached hydrogen (secondary N) is 1. The van der Waals surface area contributed by atoms with Gasteiger partial charge in [-0.25, -0.2) is 0 Å². The first kappa shape index (κ1) is 12.5. The number of aliphatic carboxylic acids is 1. The maximum Gasteiger partial charge on any atom is 0.310 e. The van der Waals surface area contributed by atoms with E-state index in [9.17, 15) is 4.79 Å². The minimum absolute atomic E-state index is 0.533. The highest BCUT2D eigenvalue weighted by atomic mass is 16.4. The van der Waals surface area contributed by atoms with Gasteiger partial charge in [0, 0.05) is 12.6 Å². The summed E-state index contributed by atoms with van der Waals surface area (Å²) in [6.07, 6.45) is 7.64. The van der Waals surface area contributed by atoms with Gasteiger partial charge in [-0.15, -0.1) is 0 Å². The molecule has 0 aromatic rings. The number of hydrogen-bond acceptors (Lipinski definition) is 2. The van der Waals surface area contributed by atoms with Crippen LogP contribution in [0.5, 0.6) is 0 Å². The van der Waals surface area contributed by atoms with Crippen LogP contribution in [0.2, 0.25) is 0 Å². The SMILES string of the molecule is CC(C)(CNC1CCCCCC1)C(=O)O.